The van der Waals surface area contributed by atoms with E-state index in [9.17, 15) is 0 Å². The average molecular weight is 724 g/mol. The second-order valence-electron chi connectivity index (χ2n) is 10.6. The van der Waals surface area contributed by atoms with Crippen LogP contribution in [-0.2, 0) is 26.5 Å². The van der Waals surface area contributed by atoms with Gasteiger partial charge in [-0.1, -0.05) is 78.4 Å². The van der Waals surface area contributed by atoms with Crippen molar-refractivity contribution < 1.29 is 31.4 Å². The molecule has 0 amide bonds. The van der Waals surface area contributed by atoms with Crippen LogP contribution in [0.15, 0.2) is 89.6 Å². The smallest absolute Gasteiger partial charge is 0.120 e. The summed E-state index contributed by atoms with van der Waals surface area (Å²) in [6.45, 7) is 7.78. The number of rotatable bonds is 4. The minimum absolute atomic E-state index is 0. The van der Waals surface area contributed by atoms with Gasteiger partial charge in [-0.2, -0.15) is 0 Å². The topological polar surface area (TPSA) is 38.9 Å². The molecule has 0 atom stereocenters. The Hall–Kier alpha value is -3.37. The van der Waals surface area contributed by atoms with Gasteiger partial charge in [0.05, 0.1) is 5.58 Å². The summed E-state index contributed by atoms with van der Waals surface area (Å²) >= 11 is 0. The first-order valence-electron chi connectivity index (χ1n) is 15.4. The van der Waals surface area contributed by atoms with E-state index < -0.39 is 21.3 Å². The Morgan fingerprint density at radius 1 is 0.950 bits per heavy atom. The van der Waals surface area contributed by atoms with Crippen LogP contribution in [0, 0.1) is 26.0 Å². The van der Waals surface area contributed by atoms with Crippen LogP contribution < -0.4 is 5.19 Å². The van der Waals surface area contributed by atoms with E-state index in [1.165, 1.54) is 23.0 Å². The Bertz CT molecular complexity index is 1950. The number of para-hydroxylation sites is 1. The Morgan fingerprint density at radius 2 is 1.73 bits per heavy atom. The summed E-state index contributed by atoms with van der Waals surface area (Å²) in [4.78, 5) is 8.77. The molecule has 5 heteroatoms. The zero-order valence-corrected chi connectivity index (χ0v) is 26.6. The minimum atomic E-state index is -2.80. The van der Waals surface area contributed by atoms with Crippen LogP contribution >= 0.6 is 0 Å². The third-order valence-electron chi connectivity index (χ3n) is 6.74. The largest absolute Gasteiger partial charge is 0.501 e. The molecule has 205 valence electrons. The molecule has 40 heavy (non-hydrogen) atoms. The van der Waals surface area contributed by atoms with Gasteiger partial charge in [-0.25, -0.2) is 0 Å². The number of aromatic nitrogens is 2. The maximum atomic E-state index is 8.23. The van der Waals surface area contributed by atoms with Gasteiger partial charge in [0, 0.05) is 52.8 Å². The van der Waals surface area contributed by atoms with Gasteiger partial charge >= 0.3 is 0 Å². The number of furan rings is 1. The summed E-state index contributed by atoms with van der Waals surface area (Å²) in [7, 11) is -1.73. The molecule has 0 saturated heterocycles. The maximum Gasteiger partial charge on any atom is 0.120 e. The van der Waals surface area contributed by atoms with Crippen molar-refractivity contribution in [2.75, 3.05) is 0 Å². The molecule has 0 aliphatic heterocycles. The van der Waals surface area contributed by atoms with Crippen LogP contribution in [0.25, 0.3) is 44.5 Å². The Morgan fingerprint density at radius 3 is 2.45 bits per heavy atom. The van der Waals surface area contributed by atoms with Crippen molar-refractivity contribution in [3.63, 3.8) is 0 Å². The minimum Gasteiger partial charge on any atom is -0.501 e. The Kier molecular flexibility index (Phi) is 7.25. The monoisotopic (exact) mass is 724 g/mol. The van der Waals surface area contributed by atoms with Crippen molar-refractivity contribution in [1.82, 2.24) is 9.97 Å². The van der Waals surface area contributed by atoms with Crippen molar-refractivity contribution in [1.29, 1.82) is 0 Å². The predicted octanol–water partition coefficient (Wildman–Crippen LogP) is 8.72. The number of aryl methyl sites for hydroxylation is 2. The third kappa shape index (κ3) is 6.02. The predicted molar refractivity (Wildman–Crippen MR) is 166 cm³/mol. The summed E-state index contributed by atoms with van der Waals surface area (Å²) in [6.07, 6.45) is 0.779. The van der Waals surface area contributed by atoms with Gasteiger partial charge in [0.15, 0.2) is 0 Å². The molecule has 0 fully saturated rings. The summed E-state index contributed by atoms with van der Waals surface area (Å²) in [5.74, 6) is 0. The van der Waals surface area contributed by atoms with Gasteiger partial charge in [-0.05, 0) is 49.8 Å². The van der Waals surface area contributed by atoms with E-state index in [-0.39, 0.29) is 25.7 Å². The normalized spacial score (nSPS) is 13.7. The van der Waals surface area contributed by atoms with Gasteiger partial charge in [0.2, 0.25) is 0 Å². The molecule has 6 aromatic rings. The van der Waals surface area contributed by atoms with Crippen LogP contribution in [0.3, 0.4) is 0 Å². The second-order valence-corrected chi connectivity index (χ2v) is 15.6. The van der Waals surface area contributed by atoms with Crippen LogP contribution in [-0.4, -0.2) is 18.0 Å². The number of pyridine rings is 2. The van der Waals surface area contributed by atoms with Gasteiger partial charge in [0.25, 0.3) is 0 Å². The van der Waals surface area contributed by atoms with Crippen LogP contribution in [0.1, 0.15) is 30.4 Å². The van der Waals surface area contributed by atoms with Crippen molar-refractivity contribution in [2.45, 2.75) is 46.7 Å². The summed E-state index contributed by atoms with van der Waals surface area (Å²) in [5, 5.41) is 3.29. The molecule has 0 aliphatic carbocycles. The number of hydrogen-bond donors (Lipinski definition) is 0. The number of benzene rings is 3. The SMILES string of the molecule is Cc1ccnc(-c2[c-]cccc2)c1.[2H]C([2H])([2H])C([2H])([2H])c1ccnc(-c2[c-]cc([Si](C)(C)C)c3c2oc2ccccc23)c1C.[Ir]. The molecule has 0 N–H and O–H groups in total. The molecule has 1 radical (unpaired) electrons. The zero-order valence-electron chi connectivity index (χ0n) is 28.2. The van der Waals surface area contributed by atoms with Gasteiger partial charge in [0.1, 0.15) is 5.58 Å². The standard InChI is InChI=1S/C23H24NOSi.C12H10N.Ir/c1-6-16-13-14-24-22(15(16)2)18-11-12-20(26(3,4)5)21-17-9-7-8-10-19(17)25-23(18)21;1-10-7-8-13-12(9-10)11-5-3-2-4-6-11;/h7-10,12-14H,6H2,1-5H3;2-5,7-9H,1H3;/q2*-1;/i1D3,6D2;;. The van der Waals surface area contributed by atoms with Crippen molar-refractivity contribution in [2.24, 2.45) is 0 Å². The van der Waals surface area contributed by atoms with Crippen LogP contribution in [0.2, 0.25) is 19.6 Å². The first-order chi connectivity index (χ1) is 20.7. The quantitative estimate of drug-likeness (QED) is 0.135. The fraction of sp³-hybridized carbons (Fsp3) is 0.200. The molecule has 0 unspecified atom stereocenters. The fourth-order valence-corrected chi connectivity index (χ4v) is 6.20. The van der Waals surface area contributed by atoms with Crippen molar-refractivity contribution in [3.05, 3.63) is 114 Å². The molecule has 3 nitrogen and oxygen atoms in total. The molecule has 0 aliphatic rings. The molecule has 6 rings (SSSR count). The van der Waals surface area contributed by atoms with Crippen molar-refractivity contribution in [3.8, 4) is 22.5 Å². The van der Waals surface area contributed by atoms with E-state index >= 15 is 0 Å². The molecule has 0 saturated carbocycles. The van der Waals surface area contributed by atoms with Crippen LogP contribution in [0.4, 0.5) is 0 Å². The van der Waals surface area contributed by atoms with E-state index in [2.05, 4.69) is 54.7 Å². The van der Waals surface area contributed by atoms with E-state index in [1.807, 2.05) is 66.9 Å². The second kappa shape index (κ2) is 12.4. The molecule has 3 aromatic carbocycles. The molecular formula is C35H34IrN2OSi-2. The third-order valence-corrected chi connectivity index (χ3v) is 8.75. The average Bonchev–Trinajstić information content (AvgIpc) is 3.36. The summed E-state index contributed by atoms with van der Waals surface area (Å²) < 4.78 is 45.7. The maximum absolute atomic E-state index is 8.23. The van der Waals surface area contributed by atoms with E-state index in [0.717, 1.165) is 27.6 Å². The van der Waals surface area contributed by atoms with E-state index in [4.69, 9.17) is 11.3 Å². The molecule has 3 aromatic heterocycles. The molecular weight excluding hydrogens is 685 g/mol. The number of hydrogen-bond acceptors (Lipinski definition) is 3. The van der Waals surface area contributed by atoms with E-state index in [1.54, 1.807) is 6.92 Å². The van der Waals surface area contributed by atoms with Gasteiger partial charge in [-0.15, -0.1) is 53.2 Å². The number of nitrogens with zero attached hydrogens (tertiary/aromatic N) is 2. The van der Waals surface area contributed by atoms with Gasteiger partial charge in [-0.3, -0.25) is 0 Å². The molecule has 0 spiro atoms. The number of fused-ring (bicyclic) bond motifs is 3. The van der Waals surface area contributed by atoms with E-state index in [0.29, 0.717) is 22.4 Å². The Balaban J connectivity index is 0.000000275. The van der Waals surface area contributed by atoms with Gasteiger partial charge < -0.3 is 14.4 Å². The summed E-state index contributed by atoms with van der Waals surface area (Å²) in [6, 6.07) is 29.7. The van der Waals surface area contributed by atoms with Crippen LogP contribution in [0.5, 0.6) is 0 Å². The molecule has 0 bridgehead atoms. The zero-order chi connectivity index (χ0) is 31.9. The Labute approximate surface area is 259 Å². The van der Waals surface area contributed by atoms with Crippen molar-refractivity contribution >= 4 is 35.2 Å². The summed E-state index contributed by atoms with van der Waals surface area (Å²) in [5.41, 5.74) is 6.36. The first-order valence-corrected chi connectivity index (χ1v) is 16.4. The fourth-order valence-electron chi connectivity index (χ4n) is 4.70. The molecule has 3 heterocycles. The first kappa shape index (κ1) is 23.3.